The highest BCUT2D eigenvalue weighted by atomic mass is 32.2. The van der Waals surface area contributed by atoms with Crippen LogP contribution in [-0.4, -0.2) is 82.2 Å². The number of carboxylic acid groups (broad SMARTS) is 1. The number of nitrogens with zero attached hydrogens (tertiary/aromatic N) is 1. The van der Waals surface area contributed by atoms with Crippen LogP contribution in [0.25, 0.3) is 0 Å². The summed E-state index contributed by atoms with van der Waals surface area (Å²) in [6.45, 7) is 4.25. The van der Waals surface area contributed by atoms with Gasteiger partial charge < -0.3 is 26.4 Å². The van der Waals surface area contributed by atoms with Gasteiger partial charge in [0, 0.05) is 12.3 Å². The number of likely N-dealkylation sites (tertiary alicyclic amines) is 1. The molecule has 9 nitrogen and oxygen atoms in total. The minimum atomic E-state index is -1.19. The predicted molar refractivity (Wildman–Crippen MR) is 121 cm³/mol. The number of nitrogens with two attached hydrogens (primary N) is 1. The van der Waals surface area contributed by atoms with Crippen LogP contribution < -0.4 is 16.4 Å². The van der Waals surface area contributed by atoms with Crippen LogP contribution in [0.4, 0.5) is 0 Å². The maximum Gasteiger partial charge on any atom is 0.327 e. The van der Waals surface area contributed by atoms with Gasteiger partial charge in [0.05, 0.1) is 6.04 Å². The van der Waals surface area contributed by atoms with Crippen LogP contribution in [0.2, 0.25) is 0 Å². The Kier molecular flexibility index (Phi) is 11.6. The van der Waals surface area contributed by atoms with Gasteiger partial charge in [-0.3, -0.25) is 14.4 Å². The second-order valence-corrected chi connectivity index (χ2v) is 9.20. The molecule has 172 valence electrons. The van der Waals surface area contributed by atoms with Crippen molar-refractivity contribution in [3.8, 4) is 0 Å². The number of amides is 3. The highest BCUT2D eigenvalue weighted by Gasteiger charge is 2.37. The van der Waals surface area contributed by atoms with Crippen LogP contribution in [0.15, 0.2) is 0 Å². The molecule has 5 N–H and O–H groups in total. The van der Waals surface area contributed by atoms with Crippen molar-refractivity contribution in [1.29, 1.82) is 0 Å². The number of rotatable bonds is 12. The van der Waals surface area contributed by atoms with E-state index in [9.17, 15) is 19.2 Å². The third kappa shape index (κ3) is 7.99. The third-order valence-corrected chi connectivity index (χ3v) is 5.94. The van der Waals surface area contributed by atoms with E-state index in [-0.39, 0.29) is 17.6 Å². The van der Waals surface area contributed by atoms with Crippen molar-refractivity contribution >= 4 is 48.1 Å². The molecule has 1 aliphatic rings. The van der Waals surface area contributed by atoms with Crippen LogP contribution in [0.5, 0.6) is 0 Å². The minimum absolute atomic E-state index is 0.0672. The van der Waals surface area contributed by atoms with E-state index in [0.29, 0.717) is 32.2 Å². The van der Waals surface area contributed by atoms with Gasteiger partial charge in [-0.15, -0.1) is 0 Å². The molecule has 1 fully saturated rings. The lowest BCUT2D eigenvalue weighted by Crippen LogP contribution is -2.57. The van der Waals surface area contributed by atoms with Crippen LogP contribution in [0, 0.1) is 5.92 Å². The Labute approximate surface area is 187 Å². The molecule has 0 aromatic rings. The fourth-order valence-corrected chi connectivity index (χ4v) is 4.05. The van der Waals surface area contributed by atoms with Gasteiger partial charge in [0.25, 0.3) is 0 Å². The lowest BCUT2D eigenvalue weighted by molar-refractivity contribution is -0.142. The Morgan fingerprint density at radius 1 is 1.23 bits per heavy atom. The van der Waals surface area contributed by atoms with Gasteiger partial charge in [0.2, 0.25) is 17.7 Å². The lowest BCUT2D eigenvalue weighted by Gasteiger charge is -2.29. The molecule has 0 aromatic carbocycles. The molecule has 30 heavy (non-hydrogen) atoms. The van der Waals surface area contributed by atoms with Gasteiger partial charge in [0.1, 0.15) is 18.1 Å². The molecule has 4 atom stereocenters. The van der Waals surface area contributed by atoms with Crippen LogP contribution in [0.3, 0.4) is 0 Å². The van der Waals surface area contributed by atoms with Gasteiger partial charge in [-0.1, -0.05) is 13.8 Å². The molecular formula is C19H34N4O5S2. The van der Waals surface area contributed by atoms with Crippen LogP contribution in [-0.2, 0) is 19.2 Å². The maximum absolute atomic E-state index is 12.9. The summed E-state index contributed by atoms with van der Waals surface area (Å²) in [6.07, 6.45) is 3.98. The van der Waals surface area contributed by atoms with Gasteiger partial charge in [-0.25, -0.2) is 4.79 Å². The first-order valence-corrected chi connectivity index (χ1v) is 12.1. The fraction of sp³-hybridized carbons (Fsp3) is 0.789. The number of carbonyl (C=O) groups is 4. The summed E-state index contributed by atoms with van der Waals surface area (Å²) in [7, 11) is 0. The minimum Gasteiger partial charge on any atom is -0.480 e. The number of thiol groups is 1. The molecule has 1 saturated heterocycles. The second kappa shape index (κ2) is 13.1. The molecule has 4 unspecified atom stereocenters. The lowest BCUT2D eigenvalue weighted by atomic mass is 10.0. The van der Waals surface area contributed by atoms with E-state index in [0.717, 1.165) is 5.75 Å². The number of carboxylic acids is 1. The summed E-state index contributed by atoms with van der Waals surface area (Å²) in [6, 6.07) is -3.39. The highest BCUT2D eigenvalue weighted by molar-refractivity contribution is 7.98. The first kappa shape index (κ1) is 26.6. The first-order valence-electron chi connectivity index (χ1n) is 10.1. The largest absolute Gasteiger partial charge is 0.480 e. The summed E-state index contributed by atoms with van der Waals surface area (Å²) in [5.74, 6) is -1.68. The monoisotopic (exact) mass is 462 g/mol. The second-order valence-electron chi connectivity index (χ2n) is 7.85. The molecule has 11 heteroatoms. The smallest absolute Gasteiger partial charge is 0.327 e. The average Bonchev–Trinajstić information content (AvgIpc) is 3.18. The zero-order valence-corrected chi connectivity index (χ0v) is 19.5. The van der Waals surface area contributed by atoms with E-state index < -0.39 is 42.0 Å². The van der Waals surface area contributed by atoms with E-state index in [1.165, 1.54) is 4.90 Å². The highest BCUT2D eigenvalue weighted by Crippen LogP contribution is 2.20. The number of carbonyl (C=O) groups excluding carboxylic acids is 3. The van der Waals surface area contributed by atoms with Crippen molar-refractivity contribution in [3.63, 3.8) is 0 Å². The Balaban J connectivity index is 2.85. The van der Waals surface area contributed by atoms with Crippen molar-refractivity contribution in [2.75, 3.05) is 24.3 Å². The molecule has 0 bridgehead atoms. The van der Waals surface area contributed by atoms with E-state index in [4.69, 9.17) is 10.8 Å². The summed E-state index contributed by atoms with van der Waals surface area (Å²) >= 11 is 5.55. The summed E-state index contributed by atoms with van der Waals surface area (Å²) < 4.78 is 0. The zero-order valence-electron chi connectivity index (χ0n) is 17.8. The molecule has 1 rings (SSSR count). The Morgan fingerprint density at radius 2 is 1.90 bits per heavy atom. The van der Waals surface area contributed by atoms with Gasteiger partial charge >= 0.3 is 5.97 Å². The summed E-state index contributed by atoms with van der Waals surface area (Å²) in [5.41, 5.74) is 6.00. The molecule has 0 aromatic heterocycles. The molecule has 0 saturated carbocycles. The standard InChI is InChI=1S/C19H34N4O5S2/c1-11(2)9-13(16(24)22-14(10-29)19(27)28)21-17(25)15-5-4-7-23(15)18(26)12(20)6-8-30-3/h11-15,29H,4-10,20H2,1-3H3,(H,21,25)(H,22,24)(H,27,28). The van der Waals surface area contributed by atoms with Crippen LogP contribution in [0.1, 0.15) is 39.5 Å². The average molecular weight is 463 g/mol. The predicted octanol–water partition coefficient (Wildman–Crippen LogP) is 0.0879. The third-order valence-electron chi connectivity index (χ3n) is 4.93. The fourth-order valence-electron chi connectivity index (χ4n) is 3.31. The molecule has 1 heterocycles. The summed E-state index contributed by atoms with van der Waals surface area (Å²) in [5, 5.41) is 14.3. The van der Waals surface area contributed by atoms with Gasteiger partial charge in [-0.2, -0.15) is 24.4 Å². The van der Waals surface area contributed by atoms with E-state index >= 15 is 0 Å². The topological polar surface area (TPSA) is 142 Å². The molecule has 0 spiro atoms. The van der Waals surface area contributed by atoms with Gasteiger partial charge in [0.15, 0.2) is 0 Å². The Morgan fingerprint density at radius 3 is 2.43 bits per heavy atom. The quantitative estimate of drug-likeness (QED) is 0.259. The number of thioether (sulfide) groups is 1. The van der Waals surface area contributed by atoms with Crippen molar-refractivity contribution in [3.05, 3.63) is 0 Å². The molecule has 0 radical (unpaired) electrons. The number of nitrogens with one attached hydrogen (secondary N) is 2. The van der Waals surface area contributed by atoms with Gasteiger partial charge in [-0.05, 0) is 43.6 Å². The zero-order chi connectivity index (χ0) is 22.8. The van der Waals surface area contributed by atoms with Crippen molar-refractivity contribution in [2.45, 2.75) is 63.7 Å². The van der Waals surface area contributed by atoms with Crippen molar-refractivity contribution in [1.82, 2.24) is 15.5 Å². The Bertz CT molecular complexity index is 620. The van der Waals surface area contributed by atoms with E-state index in [1.54, 1.807) is 11.8 Å². The molecule has 0 aliphatic carbocycles. The van der Waals surface area contributed by atoms with E-state index in [2.05, 4.69) is 23.3 Å². The first-order chi connectivity index (χ1) is 14.1. The number of hydrogen-bond donors (Lipinski definition) is 5. The van der Waals surface area contributed by atoms with Crippen molar-refractivity contribution in [2.24, 2.45) is 11.7 Å². The van der Waals surface area contributed by atoms with Crippen molar-refractivity contribution < 1.29 is 24.3 Å². The SMILES string of the molecule is CSCCC(N)C(=O)N1CCCC1C(=O)NC(CC(C)C)C(=O)NC(CS)C(=O)O. The molecular weight excluding hydrogens is 428 g/mol. The normalized spacial score (nSPS) is 19.3. The van der Waals surface area contributed by atoms with Crippen LogP contribution >= 0.6 is 24.4 Å². The Hall–Kier alpha value is -1.46. The molecule has 3 amide bonds. The number of aliphatic carboxylic acids is 1. The van der Waals surface area contributed by atoms with E-state index in [1.807, 2.05) is 20.1 Å². The molecule has 1 aliphatic heterocycles. The maximum atomic E-state index is 12.9. The summed E-state index contributed by atoms with van der Waals surface area (Å²) in [4.78, 5) is 50.9. The number of hydrogen-bond acceptors (Lipinski definition) is 7.